The van der Waals surface area contributed by atoms with Gasteiger partial charge in [-0.05, 0) is 74.7 Å². The van der Waals surface area contributed by atoms with E-state index >= 15 is 0 Å². The molecule has 0 N–H and O–H groups in total. The SMILES string of the molecule is CC(C)(C(=O)Cc1ccc(F)cc1)c1ccc2c(n1)CCCN2C(=O)c1cccc(Cl)c1. The van der Waals surface area contributed by atoms with Crippen LogP contribution in [0.1, 0.15) is 47.6 Å². The largest absolute Gasteiger partial charge is 0.307 e. The van der Waals surface area contributed by atoms with Crippen LogP contribution in [0.4, 0.5) is 10.1 Å². The van der Waals surface area contributed by atoms with E-state index in [-0.39, 0.29) is 23.9 Å². The molecule has 0 saturated carbocycles. The fraction of sp³-hybridized carbons (Fsp3) is 0.269. The van der Waals surface area contributed by atoms with E-state index in [1.54, 1.807) is 41.3 Å². The van der Waals surface area contributed by atoms with Crippen molar-refractivity contribution in [2.75, 3.05) is 11.4 Å². The van der Waals surface area contributed by atoms with Gasteiger partial charge < -0.3 is 4.90 Å². The van der Waals surface area contributed by atoms with Crippen LogP contribution in [0, 0.1) is 5.82 Å². The van der Waals surface area contributed by atoms with Gasteiger partial charge in [0.1, 0.15) is 11.6 Å². The van der Waals surface area contributed by atoms with Crippen LogP contribution in [0.25, 0.3) is 0 Å². The van der Waals surface area contributed by atoms with Gasteiger partial charge in [-0.15, -0.1) is 0 Å². The number of hydrogen-bond donors (Lipinski definition) is 0. The molecule has 0 spiro atoms. The van der Waals surface area contributed by atoms with Crippen molar-refractivity contribution in [1.29, 1.82) is 0 Å². The molecule has 4 rings (SSSR count). The van der Waals surface area contributed by atoms with E-state index in [1.807, 2.05) is 26.0 Å². The van der Waals surface area contributed by atoms with Crippen LogP contribution in [0.3, 0.4) is 0 Å². The maximum Gasteiger partial charge on any atom is 0.258 e. The van der Waals surface area contributed by atoms with E-state index in [1.165, 1.54) is 12.1 Å². The van der Waals surface area contributed by atoms with Gasteiger partial charge in [0, 0.05) is 23.6 Å². The minimum Gasteiger partial charge on any atom is -0.307 e. The number of hydrogen-bond acceptors (Lipinski definition) is 3. The zero-order chi connectivity index (χ0) is 22.9. The molecule has 32 heavy (non-hydrogen) atoms. The number of benzene rings is 2. The van der Waals surface area contributed by atoms with Crippen molar-refractivity contribution in [3.05, 3.63) is 94.0 Å². The number of carbonyl (C=O) groups excluding carboxylic acids is 2. The Hall–Kier alpha value is -3.05. The first-order valence-electron chi connectivity index (χ1n) is 10.6. The molecule has 6 heteroatoms. The highest BCUT2D eigenvalue weighted by Gasteiger charge is 2.33. The lowest BCUT2D eigenvalue weighted by molar-refractivity contribution is -0.123. The number of ketones is 1. The van der Waals surface area contributed by atoms with Gasteiger partial charge in [0.25, 0.3) is 5.91 Å². The molecular weight excluding hydrogens is 427 g/mol. The van der Waals surface area contributed by atoms with E-state index in [2.05, 4.69) is 0 Å². The second-order valence-corrected chi connectivity index (χ2v) is 9.02. The van der Waals surface area contributed by atoms with Crippen LogP contribution in [-0.2, 0) is 23.1 Å². The van der Waals surface area contributed by atoms with Crippen molar-refractivity contribution in [2.45, 2.75) is 38.5 Å². The topological polar surface area (TPSA) is 50.3 Å². The summed E-state index contributed by atoms with van der Waals surface area (Å²) in [5, 5.41) is 0.517. The summed E-state index contributed by atoms with van der Waals surface area (Å²) in [5.74, 6) is -0.442. The van der Waals surface area contributed by atoms with E-state index < -0.39 is 5.41 Å². The molecule has 1 aliphatic rings. The molecular formula is C26H24ClFN2O2. The minimum atomic E-state index is -0.817. The van der Waals surface area contributed by atoms with Crippen LogP contribution in [0.5, 0.6) is 0 Å². The molecule has 0 saturated heterocycles. The third-order valence-corrected chi connectivity index (χ3v) is 6.20. The number of halogens is 2. The highest BCUT2D eigenvalue weighted by atomic mass is 35.5. The molecule has 1 aliphatic heterocycles. The number of nitrogens with zero attached hydrogens (tertiary/aromatic N) is 2. The third-order valence-electron chi connectivity index (χ3n) is 5.97. The number of amides is 1. The molecule has 0 unspecified atom stereocenters. The summed E-state index contributed by atoms with van der Waals surface area (Å²) in [7, 11) is 0. The van der Waals surface area contributed by atoms with Crippen molar-refractivity contribution in [2.24, 2.45) is 0 Å². The van der Waals surface area contributed by atoms with E-state index in [0.717, 1.165) is 29.8 Å². The molecule has 4 nitrogen and oxygen atoms in total. The Labute approximate surface area is 192 Å². The zero-order valence-corrected chi connectivity index (χ0v) is 18.8. The average molecular weight is 451 g/mol. The summed E-state index contributed by atoms with van der Waals surface area (Å²) in [6.45, 7) is 4.31. The molecule has 2 aromatic carbocycles. The fourth-order valence-electron chi connectivity index (χ4n) is 3.94. The Kier molecular flexibility index (Phi) is 6.11. The quantitative estimate of drug-likeness (QED) is 0.511. The van der Waals surface area contributed by atoms with Gasteiger partial charge in [-0.25, -0.2) is 4.39 Å². The number of pyridine rings is 1. The monoisotopic (exact) mass is 450 g/mol. The molecule has 1 aromatic heterocycles. The molecule has 1 amide bonds. The van der Waals surface area contributed by atoms with Crippen molar-refractivity contribution in [3.63, 3.8) is 0 Å². The van der Waals surface area contributed by atoms with Crippen LogP contribution in [0.15, 0.2) is 60.7 Å². The normalized spacial score (nSPS) is 13.6. The number of aromatic nitrogens is 1. The summed E-state index contributed by atoms with van der Waals surface area (Å²) in [6.07, 6.45) is 1.73. The number of fused-ring (bicyclic) bond motifs is 1. The maximum absolute atomic E-state index is 13.2. The van der Waals surface area contributed by atoms with E-state index in [0.29, 0.717) is 22.8 Å². The molecule has 164 valence electrons. The number of rotatable bonds is 5. The Bertz CT molecular complexity index is 1170. The van der Waals surface area contributed by atoms with Gasteiger partial charge in [0.15, 0.2) is 0 Å². The maximum atomic E-state index is 13.2. The predicted molar refractivity (Wildman–Crippen MR) is 124 cm³/mol. The molecule has 0 bridgehead atoms. The highest BCUT2D eigenvalue weighted by molar-refractivity contribution is 6.31. The second-order valence-electron chi connectivity index (χ2n) is 8.58. The smallest absolute Gasteiger partial charge is 0.258 e. The molecule has 0 atom stereocenters. The summed E-state index contributed by atoms with van der Waals surface area (Å²) < 4.78 is 13.2. The predicted octanol–water partition coefficient (Wildman–Crippen LogP) is 5.56. The van der Waals surface area contributed by atoms with Gasteiger partial charge >= 0.3 is 0 Å². The van der Waals surface area contributed by atoms with E-state index in [4.69, 9.17) is 16.6 Å². The third kappa shape index (κ3) is 4.44. The van der Waals surface area contributed by atoms with Crippen LogP contribution in [0.2, 0.25) is 5.02 Å². The molecule has 0 fully saturated rings. The van der Waals surface area contributed by atoms with Crippen LogP contribution >= 0.6 is 11.6 Å². The second kappa shape index (κ2) is 8.83. The Balaban J connectivity index is 1.59. The van der Waals surface area contributed by atoms with E-state index in [9.17, 15) is 14.0 Å². The Morgan fingerprint density at radius 3 is 2.56 bits per heavy atom. The summed E-state index contributed by atoms with van der Waals surface area (Å²) in [5.41, 5.74) is 2.73. The van der Waals surface area contributed by atoms with Crippen LogP contribution in [-0.4, -0.2) is 23.2 Å². The lowest BCUT2D eigenvalue weighted by Gasteiger charge is -2.31. The number of anilines is 1. The van der Waals surface area contributed by atoms with Gasteiger partial charge in [-0.2, -0.15) is 0 Å². The van der Waals surface area contributed by atoms with Crippen LogP contribution < -0.4 is 4.90 Å². The number of carbonyl (C=O) groups is 2. The van der Waals surface area contributed by atoms with Crippen molar-refractivity contribution in [3.8, 4) is 0 Å². The van der Waals surface area contributed by atoms with Gasteiger partial charge in [0.2, 0.25) is 0 Å². The Morgan fingerprint density at radius 2 is 1.84 bits per heavy atom. The first-order valence-corrected chi connectivity index (χ1v) is 11.0. The summed E-state index contributed by atoms with van der Waals surface area (Å²) in [4.78, 5) is 32.7. The Morgan fingerprint density at radius 1 is 1.09 bits per heavy atom. The standard InChI is InChI=1S/C26H24ClFN2O2/c1-26(2,24(31)15-17-8-10-20(28)11-9-17)23-13-12-22-21(29-23)7-4-14-30(22)25(32)18-5-3-6-19(27)16-18/h3,5-6,8-13,16H,4,7,14-15H2,1-2H3. The van der Waals surface area contributed by atoms with Gasteiger partial charge in [0.05, 0.1) is 22.5 Å². The molecule has 0 aliphatic carbocycles. The van der Waals surface area contributed by atoms with Gasteiger partial charge in [-0.1, -0.05) is 29.8 Å². The lowest BCUT2D eigenvalue weighted by Crippen LogP contribution is -2.37. The molecule has 0 radical (unpaired) electrons. The molecule has 2 heterocycles. The first-order chi connectivity index (χ1) is 15.3. The minimum absolute atomic E-state index is 0.000715. The highest BCUT2D eigenvalue weighted by Crippen LogP contribution is 2.32. The fourth-order valence-corrected chi connectivity index (χ4v) is 4.13. The number of aryl methyl sites for hydroxylation is 1. The average Bonchev–Trinajstić information content (AvgIpc) is 2.79. The van der Waals surface area contributed by atoms with Crippen molar-refractivity contribution in [1.82, 2.24) is 4.98 Å². The van der Waals surface area contributed by atoms with Crippen molar-refractivity contribution < 1.29 is 14.0 Å². The lowest BCUT2D eigenvalue weighted by atomic mass is 9.81. The summed E-state index contributed by atoms with van der Waals surface area (Å²) >= 11 is 6.06. The molecule has 3 aromatic rings. The first kappa shape index (κ1) is 22.2. The number of Topliss-reactive ketones (excluding diaryl/α,β-unsaturated/α-hetero) is 1. The van der Waals surface area contributed by atoms with Crippen molar-refractivity contribution >= 4 is 29.0 Å². The summed E-state index contributed by atoms with van der Waals surface area (Å²) in [6, 6.07) is 16.6. The zero-order valence-electron chi connectivity index (χ0n) is 18.1. The van der Waals surface area contributed by atoms with Gasteiger partial charge in [-0.3, -0.25) is 14.6 Å².